The van der Waals surface area contributed by atoms with Gasteiger partial charge in [0.1, 0.15) is 0 Å². The number of halogens is 1. The highest BCUT2D eigenvalue weighted by Gasteiger charge is 2.06. The van der Waals surface area contributed by atoms with Crippen LogP contribution in [0.4, 0.5) is 0 Å². The molecule has 0 aliphatic carbocycles. The average molecular weight is 235 g/mol. The highest BCUT2D eigenvalue weighted by atomic mass is 35.5. The first-order valence-corrected chi connectivity index (χ1v) is 5.96. The number of aromatic nitrogens is 2. The Morgan fingerprint density at radius 2 is 1.94 bits per heavy atom. The Morgan fingerprint density at radius 3 is 2.44 bits per heavy atom. The van der Waals surface area contributed by atoms with Crippen molar-refractivity contribution in [2.24, 2.45) is 7.05 Å². The second-order valence-corrected chi connectivity index (χ2v) is 4.10. The quantitative estimate of drug-likeness (QED) is 0.745. The minimum atomic E-state index is 0.459. The van der Waals surface area contributed by atoms with E-state index in [1.165, 1.54) is 11.1 Å². The largest absolute Gasteiger partial charge is 0.268 e. The summed E-state index contributed by atoms with van der Waals surface area (Å²) in [5, 5.41) is 4.33. The van der Waals surface area contributed by atoms with Gasteiger partial charge in [0.2, 0.25) is 0 Å². The van der Waals surface area contributed by atoms with Gasteiger partial charge >= 0.3 is 0 Å². The molecule has 0 atom stereocenters. The predicted octanol–water partition coefficient (Wildman–Crippen LogP) is 3.39. The van der Waals surface area contributed by atoms with Crippen molar-refractivity contribution in [3.8, 4) is 11.3 Å². The van der Waals surface area contributed by atoms with E-state index in [-0.39, 0.29) is 0 Å². The first-order chi connectivity index (χ1) is 7.74. The average Bonchev–Trinajstić information content (AvgIpc) is 2.71. The van der Waals surface area contributed by atoms with E-state index in [9.17, 15) is 0 Å². The molecule has 2 rings (SSSR count). The van der Waals surface area contributed by atoms with E-state index in [1.807, 2.05) is 17.8 Å². The Hall–Kier alpha value is -1.28. The zero-order valence-electron chi connectivity index (χ0n) is 9.57. The second-order valence-electron chi connectivity index (χ2n) is 3.83. The van der Waals surface area contributed by atoms with Gasteiger partial charge in [0.25, 0.3) is 0 Å². The van der Waals surface area contributed by atoms with Crippen molar-refractivity contribution in [1.29, 1.82) is 0 Å². The molecule has 0 fully saturated rings. The van der Waals surface area contributed by atoms with Gasteiger partial charge in [-0.05, 0) is 23.6 Å². The van der Waals surface area contributed by atoms with E-state index >= 15 is 0 Å². The molecule has 1 aromatic carbocycles. The van der Waals surface area contributed by atoms with Crippen LogP contribution >= 0.6 is 11.6 Å². The fourth-order valence-electron chi connectivity index (χ4n) is 1.77. The van der Waals surface area contributed by atoms with Crippen LogP contribution in [0, 0.1) is 0 Å². The first-order valence-electron chi connectivity index (χ1n) is 5.42. The van der Waals surface area contributed by atoms with Crippen LogP contribution < -0.4 is 0 Å². The standard InChI is InChI=1S/C13H15ClN2/c1-3-10-4-6-11(7-5-10)13-8-12(9-14)15-16(13)2/h4-8H,3,9H2,1-2H3. The number of benzene rings is 1. The normalized spacial score (nSPS) is 10.7. The summed E-state index contributed by atoms with van der Waals surface area (Å²) in [7, 11) is 1.94. The topological polar surface area (TPSA) is 17.8 Å². The van der Waals surface area contributed by atoms with Crippen molar-refractivity contribution in [2.45, 2.75) is 19.2 Å². The van der Waals surface area contributed by atoms with Crippen molar-refractivity contribution < 1.29 is 0 Å². The van der Waals surface area contributed by atoms with Crippen LogP contribution in [-0.2, 0) is 19.3 Å². The maximum absolute atomic E-state index is 5.77. The van der Waals surface area contributed by atoms with Gasteiger partial charge in [0.15, 0.2) is 0 Å². The molecule has 16 heavy (non-hydrogen) atoms. The lowest BCUT2D eigenvalue weighted by molar-refractivity contribution is 0.761. The summed E-state index contributed by atoms with van der Waals surface area (Å²) in [5.74, 6) is 0.459. The van der Waals surface area contributed by atoms with Crippen molar-refractivity contribution >= 4 is 11.6 Å². The van der Waals surface area contributed by atoms with Crippen LogP contribution in [0.5, 0.6) is 0 Å². The van der Waals surface area contributed by atoms with Crippen LogP contribution in [0.2, 0.25) is 0 Å². The van der Waals surface area contributed by atoms with Gasteiger partial charge < -0.3 is 0 Å². The Kier molecular flexibility index (Phi) is 3.30. The van der Waals surface area contributed by atoms with Gasteiger partial charge in [-0.2, -0.15) is 5.10 Å². The molecule has 1 aromatic heterocycles. The second kappa shape index (κ2) is 4.71. The SMILES string of the molecule is CCc1ccc(-c2cc(CCl)nn2C)cc1. The van der Waals surface area contributed by atoms with Crippen molar-refractivity contribution in [2.75, 3.05) is 0 Å². The van der Waals surface area contributed by atoms with E-state index in [1.54, 1.807) is 0 Å². The van der Waals surface area contributed by atoms with E-state index in [4.69, 9.17) is 11.6 Å². The summed E-state index contributed by atoms with van der Waals surface area (Å²) in [4.78, 5) is 0. The van der Waals surface area contributed by atoms with Gasteiger partial charge in [-0.25, -0.2) is 0 Å². The van der Waals surface area contributed by atoms with Gasteiger partial charge in [-0.3, -0.25) is 4.68 Å². The molecule has 0 saturated heterocycles. The molecule has 0 saturated carbocycles. The first kappa shape index (κ1) is 11.2. The van der Waals surface area contributed by atoms with Gasteiger partial charge in [0.05, 0.1) is 17.3 Å². The fourth-order valence-corrected chi connectivity index (χ4v) is 1.90. The zero-order valence-corrected chi connectivity index (χ0v) is 10.3. The third-order valence-corrected chi connectivity index (χ3v) is 3.00. The van der Waals surface area contributed by atoms with Crippen molar-refractivity contribution in [3.05, 3.63) is 41.6 Å². The number of alkyl halides is 1. The monoisotopic (exact) mass is 234 g/mol. The summed E-state index contributed by atoms with van der Waals surface area (Å²) in [5.41, 5.74) is 4.56. The molecule has 0 unspecified atom stereocenters. The van der Waals surface area contributed by atoms with E-state index in [0.717, 1.165) is 17.8 Å². The number of hydrogen-bond donors (Lipinski definition) is 0. The lowest BCUT2D eigenvalue weighted by Crippen LogP contribution is -1.94. The minimum Gasteiger partial charge on any atom is -0.268 e. The minimum absolute atomic E-state index is 0.459. The van der Waals surface area contributed by atoms with Crippen LogP contribution in [0.25, 0.3) is 11.3 Å². The highest BCUT2D eigenvalue weighted by molar-refractivity contribution is 6.16. The fraction of sp³-hybridized carbons (Fsp3) is 0.308. The van der Waals surface area contributed by atoms with Crippen LogP contribution in [0.1, 0.15) is 18.2 Å². The highest BCUT2D eigenvalue weighted by Crippen LogP contribution is 2.21. The molecule has 0 aliphatic rings. The molecule has 2 aromatic rings. The van der Waals surface area contributed by atoms with E-state index < -0.39 is 0 Å². The van der Waals surface area contributed by atoms with Crippen molar-refractivity contribution in [1.82, 2.24) is 9.78 Å². The van der Waals surface area contributed by atoms with Crippen LogP contribution in [0.3, 0.4) is 0 Å². The molecule has 1 heterocycles. The Labute approximate surface area is 101 Å². The molecule has 0 spiro atoms. The molecule has 0 N–H and O–H groups in total. The molecule has 0 bridgehead atoms. The number of hydrogen-bond acceptors (Lipinski definition) is 1. The van der Waals surface area contributed by atoms with Crippen LogP contribution in [0.15, 0.2) is 30.3 Å². The lowest BCUT2D eigenvalue weighted by atomic mass is 10.1. The number of nitrogens with zero attached hydrogens (tertiary/aromatic N) is 2. The molecule has 0 amide bonds. The molecular weight excluding hydrogens is 220 g/mol. The number of rotatable bonds is 3. The lowest BCUT2D eigenvalue weighted by Gasteiger charge is -2.02. The van der Waals surface area contributed by atoms with Crippen LogP contribution in [-0.4, -0.2) is 9.78 Å². The smallest absolute Gasteiger partial charge is 0.0778 e. The summed E-state index contributed by atoms with van der Waals surface area (Å²) < 4.78 is 1.87. The summed E-state index contributed by atoms with van der Waals surface area (Å²) in [6, 6.07) is 10.6. The maximum Gasteiger partial charge on any atom is 0.0778 e. The van der Waals surface area contributed by atoms with Gasteiger partial charge in [0, 0.05) is 7.05 Å². The third kappa shape index (κ3) is 2.12. The molecule has 2 nitrogen and oxygen atoms in total. The molecule has 0 radical (unpaired) electrons. The zero-order chi connectivity index (χ0) is 11.5. The van der Waals surface area contributed by atoms with Crippen molar-refractivity contribution in [3.63, 3.8) is 0 Å². The summed E-state index contributed by atoms with van der Waals surface area (Å²) >= 11 is 5.77. The number of aryl methyl sites for hydroxylation is 2. The van der Waals surface area contributed by atoms with Gasteiger partial charge in [-0.15, -0.1) is 11.6 Å². The van der Waals surface area contributed by atoms with E-state index in [0.29, 0.717) is 5.88 Å². The summed E-state index contributed by atoms with van der Waals surface area (Å²) in [6.07, 6.45) is 1.07. The summed E-state index contributed by atoms with van der Waals surface area (Å²) in [6.45, 7) is 2.16. The Bertz CT molecular complexity index is 471. The maximum atomic E-state index is 5.77. The molecule has 84 valence electrons. The predicted molar refractivity (Wildman–Crippen MR) is 67.6 cm³/mol. The van der Waals surface area contributed by atoms with E-state index in [2.05, 4.69) is 36.3 Å². The molecular formula is C13H15ClN2. The third-order valence-electron chi connectivity index (χ3n) is 2.73. The molecule has 0 aliphatic heterocycles. The van der Waals surface area contributed by atoms with Gasteiger partial charge in [-0.1, -0.05) is 31.2 Å². The Balaban J connectivity index is 2.38. The molecule has 3 heteroatoms. The Morgan fingerprint density at radius 1 is 1.25 bits per heavy atom.